The standard InChI is InChI=1S/C22H23ClN2O4/c1-4-28-21(26)18-19(14-8-6-5-7-9-14)24-22(27)25-20(18)15-10-11-17(16(23)12-15)29-13(2)3/h5-13,20H,4H2,1-3H3,(H2,24,25,27). The second-order valence-corrected chi connectivity index (χ2v) is 7.17. The lowest BCUT2D eigenvalue weighted by atomic mass is 9.92. The van der Waals surface area contributed by atoms with E-state index >= 15 is 0 Å². The summed E-state index contributed by atoms with van der Waals surface area (Å²) in [6.45, 7) is 5.77. The van der Waals surface area contributed by atoms with Crippen molar-refractivity contribution in [3.05, 3.63) is 70.3 Å². The molecule has 0 aliphatic carbocycles. The van der Waals surface area contributed by atoms with Gasteiger partial charge in [-0.1, -0.05) is 48.0 Å². The summed E-state index contributed by atoms with van der Waals surface area (Å²) >= 11 is 6.39. The molecule has 0 bridgehead atoms. The summed E-state index contributed by atoms with van der Waals surface area (Å²) in [5.41, 5.74) is 2.08. The first kappa shape index (κ1) is 20.7. The molecule has 0 spiro atoms. The largest absolute Gasteiger partial charge is 0.489 e. The molecule has 1 aliphatic rings. The van der Waals surface area contributed by atoms with Crippen LogP contribution in [0.1, 0.15) is 37.9 Å². The highest BCUT2D eigenvalue weighted by molar-refractivity contribution is 6.32. The zero-order valence-corrected chi connectivity index (χ0v) is 17.2. The van der Waals surface area contributed by atoms with Gasteiger partial charge in [-0.3, -0.25) is 0 Å². The smallest absolute Gasteiger partial charge is 0.338 e. The average molecular weight is 415 g/mol. The van der Waals surface area contributed by atoms with Crippen molar-refractivity contribution < 1.29 is 19.1 Å². The Kier molecular flexibility index (Phi) is 6.44. The number of hydrogen-bond acceptors (Lipinski definition) is 4. The summed E-state index contributed by atoms with van der Waals surface area (Å²) in [6, 6.07) is 13.3. The third-order valence-corrected chi connectivity index (χ3v) is 4.58. The summed E-state index contributed by atoms with van der Waals surface area (Å²) in [4.78, 5) is 25.2. The van der Waals surface area contributed by atoms with Crippen LogP contribution in [0.5, 0.6) is 5.75 Å². The quantitative estimate of drug-likeness (QED) is 0.684. The van der Waals surface area contributed by atoms with Crippen LogP contribution in [-0.2, 0) is 9.53 Å². The summed E-state index contributed by atoms with van der Waals surface area (Å²) in [7, 11) is 0. The number of amides is 2. The molecule has 7 heteroatoms. The summed E-state index contributed by atoms with van der Waals surface area (Å²) in [6.07, 6.45) is -0.0309. The van der Waals surface area contributed by atoms with Gasteiger partial charge in [0, 0.05) is 0 Å². The van der Waals surface area contributed by atoms with E-state index in [4.69, 9.17) is 21.1 Å². The van der Waals surface area contributed by atoms with Crippen LogP contribution in [0.4, 0.5) is 4.79 Å². The van der Waals surface area contributed by atoms with Crippen molar-refractivity contribution in [2.24, 2.45) is 0 Å². The van der Waals surface area contributed by atoms with Gasteiger partial charge in [0.15, 0.2) is 0 Å². The van der Waals surface area contributed by atoms with Gasteiger partial charge in [-0.05, 0) is 44.0 Å². The molecule has 2 aromatic rings. The van der Waals surface area contributed by atoms with Crippen LogP contribution in [0.2, 0.25) is 5.02 Å². The van der Waals surface area contributed by atoms with Gasteiger partial charge >= 0.3 is 12.0 Å². The number of hydrogen-bond donors (Lipinski definition) is 2. The number of benzene rings is 2. The molecule has 0 radical (unpaired) electrons. The number of carbonyl (C=O) groups excluding carboxylic acids is 2. The number of ether oxygens (including phenoxy) is 2. The van der Waals surface area contributed by atoms with Crippen LogP contribution in [0.15, 0.2) is 54.1 Å². The van der Waals surface area contributed by atoms with E-state index in [1.54, 1.807) is 25.1 Å². The fraction of sp³-hybridized carbons (Fsp3) is 0.273. The first-order chi connectivity index (χ1) is 13.9. The van der Waals surface area contributed by atoms with Crippen molar-refractivity contribution in [2.75, 3.05) is 6.61 Å². The monoisotopic (exact) mass is 414 g/mol. The fourth-order valence-electron chi connectivity index (χ4n) is 3.12. The second kappa shape index (κ2) is 9.01. The van der Waals surface area contributed by atoms with E-state index in [9.17, 15) is 9.59 Å². The van der Waals surface area contributed by atoms with Crippen molar-refractivity contribution in [1.82, 2.24) is 10.6 Å². The van der Waals surface area contributed by atoms with E-state index in [2.05, 4.69) is 10.6 Å². The van der Waals surface area contributed by atoms with Gasteiger partial charge in [0.1, 0.15) is 5.75 Å². The molecule has 2 amide bonds. The molecule has 2 N–H and O–H groups in total. The number of esters is 1. The first-order valence-electron chi connectivity index (χ1n) is 9.41. The van der Waals surface area contributed by atoms with E-state index < -0.39 is 18.0 Å². The van der Waals surface area contributed by atoms with Crippen molar-refractivity contribution in [3.63, 3.8) is 0 Å². The number of carbonyl (C=O) groups is 2. The molecule has 0 saturated carbocycles. The van der Waals surface area contributed by atoms with E-state index in [0.29, 0.717) is 33.2 Å². The Morgan fingerprint density at radius 3 is 2.52 bits per heavy atom. The van der Waals surface area contributed by atoms with Crippen molar-refractivity contribution in [3.8, 4) is 5.75 Å². The van der Waals surface area contributed by atoms with Crippen LogP contribution in [-0.4, -0.2) is 24.7 Å². The highest BCUT2D eigenvalue weighted by Gasteiger charge is 2.34. The maximum Gasteiger partial charge on any atom is 0.338 e. The number of rotatable bonds is 6. The van der Waals surface area contributed by atoms with Crippen molar-refractivity contribution >= 4 is 29.3 Å². The van der Waals surface area contributed by atoms with Gasteiger partial charge in [0.25, 0.3) is 0 Å². The van der Waals surface area contributed by atoms with Crippen LogP contribution in [0.3, 0.4) is 0 Å². The lowest BCUT2D eigenvalue weighted by Crippen LogP contribution is -2.45. The zero-order chi connectivity index (χ0) is 21.0. The molecule has 29 heavy (non-hydrogen) atoms. The highest BCUT2D eigenvalue weighted by Crippen LogP contribution is 2.35. The molecule has 0 fully saturated rings. The average Bonchev–Trinajstić information content (AvgIpc) is 2.69. The van der Waals surface area contributed by atoms with Crippen LogP contribution < -0.4 is 15.4 Å². The minimum Gasteiger partial charge on any atom is -0.489 e. The van der Waals surface area contributed by atoms with E-state index in [1.807, 2.05) is 44.2 Å². The van der Waals surface area contributed by atoms with Gasteiger partial charge in [-0.2, -0.15) is 0 Å². The molecule has 3 rings (SSSR count). The Balaban J connectivity index is 2.11. The van der Waals surface area contributed by atoms with Gasteiger partial charge in [0.2, 0.25) is 0 Å². The number of halogens is 1. The summed E-state index contributed by atoms with van der Waals surface area (Å²) < 4.78 is 11.0. The van der Waals surface area contributed by atoms with Crippen molar-refractivity contribution in [1.29, 1.82) is 0 Å². The zero-order valence-electron chi connectivity index (χ0n) is 16.5. The predicted molar refractivity (Wildman–Crippen MR) is 112 cm³/mol. The van der Waals surface area contributed by atoms with Gasteiger partial charge < -0.3 is 20.1 Å². The first-order valence-corrected chi connectivity index (χ1v) is 9.78. The SMILES string of the molecule is CCOC(=O)C1=C(c2ccccc2)NC(=O)NC1c1ccc(OC(C)C)c(Cl)c1. The summed E-state index contributed by atoms with van der Waals surface area (Å²) in [5.74, 6) is 0.0260. The van der Waals surface area contributed by atoms with Gasteiger partial charge in [-0.15, -0.1) is 0 Å². The second-order valence-electron chi connectivity index (χ2n) is 6.76. The molecule has 1 unspecified atom stereocenters. The maximum absolute atomic E-state index is 12.8. The van der Waals surface area contributed by atoms with E-state index in [1.165, 1.54) is 0 Å². The maximum atomic E-state index is 12.8. The van der Waals surface area contributed by atoms with Crippen LogP contribution >= 0.6 is 11.6 Å². The third kappa shape index (κ3) is 4.71. The van der Waals surface area contributed by atoms with Gasteiger partial charge in [0.05, 0.1) is 35.0 Å². The predicted octanol–water partition coefficient (Wildman–Crippen LogP) is 4.46. The molecule has 0 saturated heterocycles. The van der Waals surface area contributed by atoms with Crippen molar-refractivity contribution in [2.45, 2.75) is 32.9 Å². The molecule has 1 aliphatic heterocycles. The Labute approximate surface area is 174 Å². The Morgan fingerprint density at radius 2 is 1.90 bits per heavy atom. The molecule has 0 aromatic heterocycles. The Hall–Kier alpha value is -2.99. The molecule has 2 aromatic carbocycles. The number of urea groups is 1. The molecule has 1 atom stereocenters. The highest BCUT2D eigenvalue weighted by atomic mass is 35.5. The van der Waals surface area contributed by atoms with E-state index in [-0.39, 0.29) is 12.7 Å². The molecular formula is C22H23ClN2O4. The molecular weight excluding hydrogens is 392 g/mol. The number of nitrogens with one attached hydrogen (secondary N) is 2. The van der Waals surface area contributed by atoms with Crippen LogP contribution in [0.25, 0.3) is 5.70 Å². The molecule has 152 valence electrons. The minimum atomic E-state index is -0.719. The Bertz CT molecular complexity index is 941. The fourth-order valence-corrected chi connectivity index (χ4v) is 3.36. The van der Waals surface area contributed by atoms with E-state index in [0.717, 1.165) is 0 Å². The Morgan fingerprint density at radius 1 is 1.17 bits per heavy atom. The molecule has 6 nitrogen and oxygen atoms in total. The molecule has 1 heterocycles. The topological polar surface area (TPSA) is 76.7 Å². The minimum absolute atomic E-state index is 0.0309. The lowest BCUT2D eigenvalue weighted by Gasteiger charge is -2.29. The van der Waals surface area contributed by atoms with Crippen LogP contribution in [0, 0.1) is 0 Å². The summed E-state index contributed by atoms with van der Waals surface area (Å²) in [5, 5.41) is 5.94. The van der Waals surface area contributed by atoms with Gasteiger partial charge in [-0.25, -0.2) is 9.59 Å². The normalized spacial score (nSPS) is 16.3. The lowest BCUT2D eigenvalue weighted by molar-refractivity contribution is -0.138. The third-order valence-electron chi connectivity index (χ3n) is 4.28.